The van der Waals surface area contributed by atoms with Crippen molar-refractivity contribution in [3.8, 4) is 11.5 Å². The third-order valence-electron chi connectivity index (χ3n) is 5.42. The fourth-order valence-corrected chi connectivity index (χ4v) is 3.74. The maximum atomic E-state index is 13.8. The van der Waals surface area contributed by atoms with Gasteiger partial charge in [-0.3, -0.25) is 9.69 Å². The molecule has 4 rings (SSSR count). The molecule has 1 aliphatic heterocycles. The topological polar surface area (TPSA) is 49.6 Å². The Hall–Kier alpha value is -2.70. The van der Waals surface area contributed by atoms with Crippen LogP contribution in [0.3, 0.4) is 0 Å². The SMILES string of the molecule is Cc1ccc(C(=O)N2CCN(Cc3nc(-c4cccc(Cl)c4)oc3C)CC2)cc1F. The highest BCUT2D eigenvalue weighted by Crippen LogP contribution is 2.25. The monoisotopic (exact) mass is 427 g/mol. The Labute approximate surface area is 180 Å². The largest absolute Gasteiger partial charge is 0.441 e. The maximum Gasteiger partial charge on any atom is 0.254 e. The highest BCUT2D eigenvalue weighted by atomic mass is 35.5. The van der Waals surface area contributed by atoms with Crippen LogP contribution in [0.15, 0.2) is 46.9 Å². The fourth-order valence-electron chi connectivity index (χ4n) is 3.55. The third-order valence-corrected chi connectivity index (χ3v) is 5.65. The lowest BCUT2D eigenvalue weighted by Crippen LogP contribution is -2.48. The third kappa shape index (κ3) is 4.40. The average molecular weight is 428 g/mol. The summed E-state index contributed by atoms with van der Waals surface area (Å²) in [5, 5.41) is 0.638. The van der Waals surface area contributed by atoms with Gasteiger partial charge in [-0.15, -0.1) is 0 Å². The van der Waals surface area contributed by atoms with E-state index in [2.05, 4.69) is 9.88 Å². The summed E-state index contributed by atoms with van der Waals surface area (Å²) in [5.41, 5.74) is 2.66. The van der Waals surface area contributed by atoms with Gasteiger partial charge in [-0.1, -0.05) is 23.7 Å². The van der Waals surface area contributed by atoms with E-state index in [1.165, 1.54) is 6.07 Å². The molecular weight excluding hydrogens is 405 g/mol. The van der Waals surface area contributed by atoms with Crippen molar-refractivity contribution in [3.05, 3.63) is 75.9 Å². The van der Waals surface area contributed by atoms with Gasteiger partial charge in [0.05, 0.1) is 5.69 Å². The molecule has 0 aliphatic carbocycles. The van der Waals surface area contributed by atoms with Crippen molar-refractivity contribution in [2.24, 2.45) is 0 Å². The first-order valence-electron chi connectivity index (χ1n) is 9.91. The van der Waals surface area contributed by atoms with Crippen molar-refractivity contribution >= 4 is 17.5 Å². The number of nitrogens with zero attached hydrogens (tertiary/aromatic N) is 3. The zero-order chi connectivity index (χ0) is 21.3. The Morgan fingerprint density at radius 3 is 2.60 bits per heavy atom. The van der Waals surface area contributed by atoms with E-state index < -0.39 is 0 Å². The van der Waals surface area contributed by atoms with Crippen molar-refractivity contribution in [1.29, 1.82) is 0 Å². The van der Waals surface area contributed by atoms with Crippen LogP contribution in [0.5, 0.6) is 0 Å². The molecule has 1 saturated heterocycles. The molecular formula is C23H23ClFN3O2. The molecule has 0 spiro atoms. The average Bonchev–Trinajstić information content (AvgIpc) is 3.10. The first-order chi connectivity index (χ1) is 14.4. The first-order valence-corrected chi connectivity index (χ1v) is 10.3. The number of carbonyl (C=O) groups is 1. The fraction of sp³-hybridized carbons (Fsp3) is 0.304. The van der Waals surface area contributed by atoms with Crippen molar-refractivity contribution in [2.45, 2.75) is 20.4 Å². The zero-order valence-electron chi connectivity index (χ0n) is 17.0. The van der Waals surface area contributed by atoms with E-state index in [1.807, 2.05) is 31.2 Å². The van der Waals surface area contributed by atoms with Crippen molar-refractivity contribution < 1.29 is 13.6 Å². The predicted octanol–water partition coefficient (Wildman–Crippen LogP) is 4.71. The van der Waals surface area contributed by atoms with Gasteiger partial charge in [-0.25, -0.2) is 9.37 Å². The lowest BCUT2D eigenvalue weighted by atomic mass is 10.1. The first kappa shape index (κ1) is 20.6. The molecule has 3 aromatic rings. The minimum absolute atomic E-state index is 0.130. The second kappa shape index (κ2) is 8.58. The van der Waals surface area contributed by atoms with E-state index >= 15 is 0 Å². The molecule has 1 amide bonds. The van der Waals surface area contributed by atoms with Gasteiger partial charge in [0.15, 0.2) is 0 Å². The van der Waals surface area contributed by atoms with Gasteiger partial charge in [-0.05, 0) is 49.7 Å². The molecule has 1 fully saturated rings. The number of hydrogen-bond donors (Lipinski definition) is 0. The number of carbonyl (C=O) groups excluding carboxylic acids is 1. The summed E-state index contributed by atoms with van der Waals surface area (Å²) in [6.45, 7) is 6.86. The molecule has 156 valence electrons. The summed E-state index contributed by atoms with van der Waals surface area (Å²) in [6.07, 6.45) is 0. The summed E-state index contributed by atoms with van der Waals surface area (Å²) in [4.78, 5) is 21.3. The number of benzene rings is 2. The quantitative estimate of drug-likeness (QED) is 0.605. The van der Waals surface area contributed by atoms with Gasteiger partial charge >= 0.3 is 0 Å². The predicted molar refractivity (Wildman–Crippen MR) is 114 cm³/mol. The Morgan fingerprint density at radius 1 is 1.13 bits per heavy atom. The minimum Gasteiger partial charge on any atom is -0.441 e. The Balaban J connectivity index is 1.38. The molecule has 5 nitrogen and oxygen atoms in total. The van der Waals surface area contributed by atoms with E-state index in [0.29, 0.717) is 41.7 Å². The second-order valence-corrected chi connectivity index (χ2v) is 8.00. The van der Waals surface area contributed by atoms with Gasteiger partial charge in [-0.2, -0.15) is 0 Å². The molecule has 0 radical (unpaired) electrons. The molecule has 7 heteroatoms. The number of halogens is 2. The summed E-state index contributed by atoms with van der Waals surface area (Å²) in [5.74, 6) is 0.852. The van der Waals surface area contributed by atoms with Crippen LogP contribution in [0.1, 0.15) is 27.4 Å². The van der Waals surface area contributed by atoms with E-state index in [1.54, 1.807) is 24.0 Å². The zero-order valence-corrected chi connectivity index (χ0v) is 17.7. The minimum atomic E-state index is -0.350. The summed E-state index contributed by atoms with van der Waals surface area (Å²) >= 11 is 6.07. The number of hydrogen-bond acceptors (Lipinski definition) is 4. The van der Waals surface area contributed by atoms with Crippen LogP contribution in [-0.2, 0) is 6.54 Å². The Morgan fingerprint density at radius 2 is 1.90 bits per heavy atom. The molecule has 0 unspecified atom stereocenters. The molecule has 2 heterocycles. The van der Waals surface area contributed by atoms with Crippen molar-refractivity contribution in [2.75, 3.05) is 26.2 Å². The van der Waals surface area contributed by atoms with Crippen LogP contribution in [0.4, 0.5) is 4.39 Å². The Kier molecular flexibility index (Phi) is 5.88. The molecule has 0 bridgehead atoms. The second-order valence-electron chi connectivity index (χ2n) is 7.56. The molecule has 0 N–H and O–H groups in total. The van der Waals surface area contributed by atoms with Crippen LogP contribution in [0.2, 0.25) is 5.02 Å². The van der Waals surface area contributed by atoms with E-state index in [0.717, 1.165) is 30.1 Å². The van der Waals surface area contributed by atoms with Crippen LogP contribution in [-0.4, -0.2) is 46.9 Å². The number of amides is 1. The Bertz CT molecular complexity index is 1070. The summed E-state index contributed by atoms with van der Waals surface area (Å²) in [6, 6.07) is 12.1. The van der Waals surface area contributed by atoms with Crippen LogP contribution >= 0.6 is 11.6 Å². The van der Waals surface area contributed by atoms with E-state index in [-0.39, 0.29) is 11.7 Å². The number of oxazole rings is 1. The molecule has 0 atom stereocenters. The highest BCUT2D eigenvalue weighted by molar-refractivity contribution is 6.30. The maximum absolute atomic E-state index is 13.8. The smallest absolute Gasteiger partial charge is 0.254 e. The van der Waals surface area contributed by atoms with Crippen LogP contribution in [0, 0.1) is 19.7 Å². The number of aromatic nitrogens is 1. The van der Waals surface area contributed by atoms with Gasteiger partial charge < -0.3 is 9.32 Å². The lowest BCUT2D eigenvalue weighted by Gasteiger charge is -2.34. The summed E-state index contributed by atoms with van der Waals surface area (Å²) < 4.78 is 19.6. The van der Waals surface area contributed by atoms with E-state index in [9.17, 15) is 9.18 Å². The number of piperazine rings is 1. The van der Waals surface area contributed by atoms with Crippen molar-refractivity contribution in [3.63, 3.8) is 0 Å². The number of aryl methyl sites for hydroxylation is 2. The van der Waals surface area contributed by atoms with Gasteiger partial charge in [0.2, 0.25) is 5.89 Å². The van der Waals surface area contributed by atoms with Crippen molar-refractivity contribution in [1.82, 2.24) is 14.8 Å². The molecule has 1 aliphatic rings. The van der Waals surface area contributed by atoms with Gasteiger partial charge in [0.1, 0.15) is 11.6 Å². The van der Waals surface area contributed by atoms with Crippen LogP contribution < -0.4 is 0 Å². The molecule has 1 aromatic heterocycles. The molecule has 0 saturated carbocycles. The molecule has 30 heavy (non-hydrogen) atoms. The van der Waals surface area contributed by atoms with E-state index in [4.69, 9.17) is 16.0 Å². The number of rotatable bonds is 4. The normalized spacial score (nSPS) is 14.9. The lowest BCUT2D eigenvalue weighted by molar-refractivity contribution is 0.0626. The summed E-state index contributed by atoms with van der Waals surface area (Å²) in [7, 11) is 0. The van der Waals surface area contributed by atoms with Crippen LogP contribution in [0.25, 0.3) is 11.5 Å². The molecule has 2 aromatic carbocycles. The standard InChI is InChI=1S/C23H23ClFN3O2/c1-15-6-7-18(13-20(15)25)23(29)28-10-8-27(9-11-28)14-21-16(2)30-22(26-21)17-4-3-5-19(24)12-17/h3-7,12-13H,8-11,14H2,1-2H3. The highest BCUT2D eigenvalue weighted by Gasteiger charge is 2.24. The van der Waals surface area contributed by atoms with Gasteiger partial charge in [0.25, 0.3) is 5.91 Å². The van der Waals surface area contributed by atoms with Gasteiger partial charge in [0, 0.05) is 48.9 Å².